The van der Waals surface area contributed by atoms with Gasteiger partial charge in [-0.05, 0) is 42.2 Å². The fourth-order valence-corrected chi connectivity index (χ4v) is 1.30. The minimum Gasteiger partial charge on any atom is -0.115 e. The van der Waals surface area contributed by atoms with Crippen molar-refractivity contribution in [2.45, 2.75) is 26.7 Å². The van der Waals surface area contributed by atoms with Gasteiger partial charge in [0.1, 0.15) is 0 Å². The van der Waals surface area contributed by atoms with Crippen molar-refractivity contribution in [3.8, 4) is 12.3 Å². The van der Waals surface area contributed by atoms with Crippen LogP contribution in [0, 0.1) is 18.4 Å². The smallest absolute Gasteiger partial charge is 0.0251 e. The molecule has 0 aliphatic rings. The van der Waals surface area contributed by atoms with Crippen molar-refractivity contribution in [3.63, 3.8) is 0 Å². The molecule has 0 atom stereocenters. The highest BCUT2D eigenvalue weighted by molar-refractivity contribution is 5.39. The van der Waals surface area contributed by atoms with Crippen molar-refractivity contribution >= 4 is 0 Å². The second-order valence-corrected chi connectivity index (χ2v) is 2.74. The molecule has 0 nitrogen and oxygen atoms in total. The fraction of sp³-hybridized carbons (Fsp3) is 0.333. The molecule has 0 N–H and O–H groups in total. The van der Waals surface area contributed by atoms with Crippen LogP contribution in [0.3, 0.4) is 0 Å². The Morgan fingerprint density at radius 2 is 2.17 bits per heavy atom. The summed E-state index contributed by atoms with van der Waals surface area (Å²) in [6.07, 6.45) is 7.37. The third-order valence-corrected chi connectivity index (χ3v) is 2.02. The Morgan fingerprint density at radius 3 is 2.67 bits per heavy atom. The second kappa shape index (κ2) is 3.97. The zero-order valence-electron chi connectivity index (χ0n) is 7.65. The van der Waals surface area contributed by atoms with Gasteiger partial charge in [-0.2, -0.15) is 0 Å². The molecule has 0 spiro atoms. The van der Waals surface area contributed by atoms with Gasteiger partial charge in [0.05, 0.1) is 0 Å². The van der Waals surface area contributed by atoms with Crippen LogP contribution in [0.2, 0.25) is 0 Å². The first-order chi connectivity index (χ1) is 5.81. The third kappa shape index (κ3) is 1.68. The molecule has 0 bridgehead atoms. The first-order valence-electron chi connectivity index (χ1n) is 4.31. The minimum atomic E-state index is 0.934. The van der Waals surface area contributed by atoms with Gasteiger partial charge in [0, 0.05) is 5.56 Å². The van der Waals surface area contributed by atoms with E-state index in [2.05, 4.69) is 31.9 Å². The summed E-state index contributed by atoms with van der Waals surface area (Å²) in [5.74, 6) is 2.62. The minimum absolute atomic E-state index is 0.934. The fourth-order valence-electron chi connectivity index (χ4n) is 1.30. The SMILES string of the molecule is C#Cc1c[c]c(CC)c(CC)c1. The lowest BCUT2D eigenvalue weighted by atomic mass is 10.0. The lowest BCUT2D eigenvalue weighted by Crippen LogP contribution is -1.91. The van der Waals surface area contributed by atoms with Crippen molar-refractivity contribution in [1.82, 2.24) is 0 Å². The molecule has 0 aliphatic carbocycles. The average Bonchev–Trinajstić information content (AvgIpc) is 2.16. The van der Waals surface area contributed by atoms with Crippen LogP contribution in [-0.4, -0.2) is 0 Å². The molecule has 1 aromatic carbocycles. The highest BCUT2D eigenvalue weighted by atomic mass is 14.0. The van der Waals surface area contributed by atoms with E-state index in [1.54, 1.807) is 0 Å². The van der Waals surface area contributed by atoms with Gasteiger partial charge in [-0.3, -0.25) is 0 Å². The van der Waals surface area contributed by atoms with Gasteiger partial charge in [-0.25, -0.2) is 0 Å². The van der Waals surface area contributed by atoms with Crippen molar-refractivity contribution in [1.29, 1.82) is 0 Å². The molecule has 1 radical (unpaired) electrons. The summed E-state index contributed by atoms with van der Waals surface area (Å²) in [5, 5.41) is 0. The number of hydrogen-bond acceptors (Lipinski definition) is 0. The van der Waals surface area contributed by atoms with Gasteiger partial charge < -0.3 is 0 Å². The molecule has 0 fully saturated rings. The van der Waals surface area contributed by atoms with E-state index in [-0.39, 0.29) is 0 Å². The van der Waals surface area contributed by atoms with Crippen molar-refractivity contribution < 1.29 is 0 Å². The molecule has 0 aliphatic heterocycles. The van der Waals surface area contributed by atoms with Crippen LogP contribution in [0.1, 0.15) is 30.5 Å². The van der Waals surface area contributed by atoms with Gasteiger partial charge in [0.25, 0.3) is 0 Å². The lowest BCUT2D eigenvalue weighted by molar-refractivity contribution is 1.03. The number of rotatable bonds is 2. The maximum absolute atomic E-state index is 5.29. The number of terminal acetylenes is 1. The molecule has 0 heteroatoms. The van der Waals surface area contributed by atoms with Crippen molar-refractivity contribution in [2.75, 3.05) is 0 Å². The van der Waals surface area contributed by atoms with Crippen LogP contribution < -0.4 is 0 Å². The van der Waals surface area contributed by atoms with Crippen LogP contribution in [0.25, 0.3) is 0 Å². The standard InChI is InChI=1S/C12H13/c1-4-10-7-8-11(5-2)12(6-3)9-10/h1,7,9H,5-6H2,2-3H3. The summed E-state index contributed by atoms with van der Waals surface area (Å²) in [7, 11) is 0. The Balaban J connectivity index is 3.13. The Morgan fingerprint density at radius 1 is 1.42 bits per heavy atom. The number of benzene rings is 1. The molecule has 0 heterocycles. The topological polar surface area (TPSA) is 0 Å². The van der Waals surface area contributed by atoms with Crippen LogP contribution in [-0.2, 0) is 12.8 Å². The van der Waals surface area contributed by atoms with E-state index in [4.69, 9.17) is 6.42 Å². The molecule has 12 heavy (non-hydrogen) atoms. The van der Waals surface area contributed by atoms with E-state index in [9.17, 15) is 0 Å². The summed E-state index contributed by atoms with van der Waals surface area (Å²) in [4.78, 5) is 0. The predicted molar refractivity (Wildman–Crippen MR) is 52.0 cm³/mol. The van der Waals surface area contributed by atoms with Gasteiger partial charge in [-0.1, -0.05) is 19.8 Å². The van der Waals surface area contributed by atoms with Crippen LogP contribution in [0.5, 0.6) is 0 Å². The molecule has 0 amide bonds. The van der Waals surface area contributed by atoms with Gasteiger partial charge in [0.2, 0.25) is 0 Å². The first kappa shape index (κ1) is 8.87. The normalized spacial score (nSPS) is 9.42. The number of aryl methyl sites for hydroxylation is 2. The summed E-state index contributed by atoms with van der Waals surface area (Å²) >= 11 is 0. The van der Waals surface area contributed by atoms with Crippen molar-refractivity contribution in [3.05, 3.63) is 34.9 Å². The summed E-state index contributed by atoms with van der Waals surface area (Å²) < 4.78 is 0. The quantitative estimate of drug-likeness (QED) is 0.579. The molecule has 61 valence electrons. The third-order valence-electron chi connectivity index (χ3n) is 2.02. The molecule has 0 saturated carbocycles. The van der Waals surface area contributed by atoms with E-state index >= 15 is 0 Å². The van der Waals surface area contributed by atoms with E-state index in [1.807, 2.05) is 6.07 Å². The largest absolute Gasteiger partial charge is 0.115 e. The molecule has 0 saturated heterocycles. The van der Waals surface area contributed by atoms with Gasteiger partial charge >= 0.3 is 0 Å². The monoisotopic (exact) mass is 157 g/mol. The number of hydrogen-bond donors (Lipinski definition) is 0. The maximum Gasteiger partial charge on any atom is 0.0251 e. The van der Waals surface area contributed by atoms with E-state index in [1.165, 1.54) is 11.1 Å². The Kier molecular flexibility index (Phi) is 2.94. The van der Waals surface area contributed by atoms with Crippen LogP contribution in [0.15, 0.2) is 12.1 Å². The maximum atomic E-state index is 5.29. The second-order valence-electron chi connectivity index (χ2n) is 2.74. The van der Waals surface area contributed by atoms with Gasteiger partial charge in [-0.15, -0.1) is 6.42 Å². The molecular formula is C12H13. The van der Waals surface area contributed by atoms with Crippen LogP contribution >= 0.6 is 0 Å². The summed E-state index contributed by atoms with van der Waals surface area (Å²) in [6, 6.07) is 7.18. The summed E-state index contributed by atoms with van der Waals surface area (Å²) in [6.45, 7) is 4.28. The van der Waals surface area contributed by atoms with Gasteiger partial charge in [0.15, 0.2) is 0 Å². The van der Waals surface area contributed by atoms with Crippen LogP contribution in [0.4, 0.5) is 0 Å². The van der Waals surface area contributed by atoms with E-state index in [0.29, 0.717) is 0 Å². The highest BCUT2D eigenvalue weighted by Crippen LogP contribution is 2.12. The Labute approximate surface area is 74.6 Å². The van der Waals surface area contributed by atoms with E-state index in [0.717, 1.165) is 18.4 Å². The van der Waals surface area contributed by atoms with Crippen molar-refractivity contribution in [2.24, 2.45) is 0 Å². The molecule has 0 aromatic heterocycles. The molecule has 1 aromatic rings. The van der Waals surface area contributed by atoms with E-state index < -0.39 is 0 Å². The zero-order valence-corrected chi connectivity index (χ0v) is 7.65. The lowest BCUT2D eigenvalue weighted by Gasteiger charge is -2.04. The molecule has 1 rings (SSSR count). The highest BCUT2D eigenvalue weighted by Gasteiger charge is 1.98. The zero-order chi connectivity index (χ0) is 8.97. The first-order valence-corrected chi connectivity index (χ1v) is 4.31. The Bertz CT molecular complexity index is 302. The molecular weight excluding hydrogens is 144 g/mol. The Hall–Kier alpha value is -1.22. The molecule has 0 unspecified atom stereocenters. The predicted octanol–water partition coefficient (Wildman–Crippen LogP) is 2.59. The average molecular weight is 157 g/mol. The summed E-state index contributed by atoms with van der Waals surface area (Å²) in [5.41, 5.74) is 3.55.